The summed E-state index contributed by atoms with van der Waals surface area (Å²) in [7, 11) is 0. The molecule has 1 aliphatic rings. The van der Waals surface area contributed by atoms with Crippen molar-refractivity contribution < 1.29 is 9.53 Å². The highest BCUT2D eigenvalue weighted by Gasteiger charge is 2.28. The largest absolute Gasteiger partial charge is 0.461 e. The summed E-state index contributed by atoms with van der Waals surface area (Å²) >= 11 is 0. The van der Waals surface area contributed by atoms with E-state index >= 15 is 0 Å². The van der Waals surface area contributed by atoms with Crippen molar-refractivity contribution in [3.8, 4) is 0 Å². The van der Waals surface area contributed by atoms with Crippen molar-refractivity contribution >= 4 is 11.7 Å². The quantitative estimate of drug-likeness (QED) is 0.831. The lowest BCUT2D eigenvalue weighted by Crippen LogP contribution is -2.32. The van der Waals surface area contributed by atoms with Gasteiger partial charge in [-0.2, -0.15) is 0 Å². The Labute approximate surface area is 109 Å². The maximum atomic E-state index is 12.0. The maximum Gasteiger partial charge on any atom is 0.329 e. The molecule has 0 saturated heterocycles. The van der Waals surface area contributed by atoms with Gasteiger partial charge in [0.25, 0.3) is 0 Å². The molecule has 98 valence electrons. The zero-order valence-electron chi connectivity index (χ0n) is 11.3. The summed E-state index contributed by atoms with van der Waals surface area (Å²) in [5.74, 6) is 0.404. The monoisotopic (exact) mass is 247 g/mol. The third-order valence-corrected chi connectivity index (χ3v) is 3.18. The third-order valence-electron chi connectivity index (χ3n) is 3.18. The lowest BCUT2D eigenvalue weighted by Gasteiger charge is -2.18. The molecule has 2 rings (SSSR count). The minimum Gasteiger partial charge on any atom is -0.461 e. The number of rotatable bonds is 4. The Kier molecular flexibility index (Phi) is 3.90. The Bertz CT molecular complexity index is 403. The Morgan fingerprint density at radius 1 is 1.39 bits per heavy atom. The SMILES string of the molecule is CC(C)CC(C)OC(=O)C1Cc2ccccc2N1. The standard InChI is InChI=1S/C15H21NO2/c1-10(2)8-11(3)18-15(17)14-9-12-6-4-5-7-13(12)16-14/h4-7,10-11,14,16H,8-9H2,1-3H3. The van der Waals surface area contributed by atoms with Gasteiger partial charge in [-0.05, 0) is 30.9 Å². The molecule has 2 unspecified atom stereocenters. The van der Waals surface area contributed by atoms with Crippen molar-refractivity contribution in [1.29, 1.82) is 0 Å². The van der Waals surface area contributed by atoms with E-state index in [1.807, 2.05) is 31.2 Å². The first-order valence-electron chi connectivity index (χ1n) is 6.61. The number of benzene rings is 1. The van der Waals surface area contributed by atoms with Crippen LogP contribution in [0, 0.1) is 5.92 Å². The first-order valence-corrected chi connectivity index (χ1v) is 6.61. The highest BCUT2D eigenvalue weighted by molar-refractivity contribution is 5.82. The molecule has 3 nitrogen and oxygen atoms in total. The Balaban J connectivity index is 1.89. The van der Waals surface area contributed by atoms with Crippen LogP contribution in [0.2, 0.25) is 0 Å². The number of para-hydroxylation sites is 1. The minimum atomic E-state index is -0.225. The van der Waals surface area contributed by atoms with Crippen LogP contribution in [-0.4, -0.2) is 18.1 Å². The molecule has 0 fully saturated rings. The van der Waals surface area contributed by atoms with Gasteiger partial charge >= 0.3 is 5.97 Å². The van der Waals surface area contributed by atoms with Crippen molar-refractivity contribution in [1.82, 2.24) is 0 Å². The fraction of sp³-hybridized carbons (Fsp3) is 0.533. The Morgan fingerprint density at radius 2 is 2.11 bits per heavy atom. The molecule has 1 heterocycles. The van der Waals surface area contributed by atoms with Crippen LogP contribution in [0.4, 0.5) is 5.69 Å². The maximum absolute atomic E-state index is 12.0. The van der Waals surface area contributed by atoms with Crippen LogP contribution >= 0.6 is 0 Å². The second kappa shape index (κ2) is 5.42. The van der Waals surface area contributed by atoms with E-state index in [0.717, 1.165) is 18.5 Å². The van der Waals surface area contributed by atoms with Gasteiger partial charge < -0.3 is 10.1 Å². The Hall–Kier alpha value is -1.51. The Morgan fingerprint density at radius 3 is 2.78 bits per heavy atom. The molecule has 1 aliphatic heterocycles. The van der Waals surface area contributed by atoms with E-state index in [2.05, 4.69) is 19.2 Å². The van der Waals surface area contributed by atoms with E-state index in [9.17, 15) is 4.79 Å². The van der Waals surface area contributed by atoms with Gasteiger partial charge in [-0.15, -0.1) is 0 Å². The molecule has 1 aromatic rings. The molecular weight excluding hydrogens is 226 g/mol. The molecule has 18 heavy (non-hydrogen) atoms. The predicted octanol–water partition coefficient (Wildman–Crippen LogP) is 3.00. The van der Waals surface area contributed by atoms with E-state index in [0.29, 0.717) is 5.92 Å². The van der Waals surface area contributed by atoms with Crippen molar-refractivity contribution in [2.24, 2.45) is 5.92 Å². The van der Waals surface area contributed by atoms with Gasteiger partial charge in [0.2, 0.25) is 0 Å². The average Bonchev–Trinajstić information content (AvgIpc) is 2.71. The van der Waals surface area contributed by atoms with Crippen LogP contribution in [0.15, 0.2) is 24.3 Å². The van der Waals surface area contributed by atoms with E-state index in [1.54, 1.807) is 0 Å². The molecular formula is C15H21NO2. The van der Waals surface area contributed by atoms with E-state index in [1.165, 1.54) is 5.56 Å². The summed E-state index contributed by atoms with van der Waals surface area (Å²) < 4.78 is 5.47. The number of esters is 1. The summed E-state index contributed by atoms with van der Waals surface area (Å²) in [6, 6.07) is 7.79. The van der Waals surface area contributed by atoms with Crippen molar-refractivity contribution in [2.75, 3.05) is 5.32 Å². The minimum absolute atomic E-state index is 0.0111. The van der Waals surface area contributed by atoms with Crippen molar-refractivity contribution in [3.05, 3.63) is 29.8 Å². The summed E-state index contributed by atoms with van der Waals surface area (Å²) in [6.07, 6.45) is 1.62. The van der Waals surface area contributed by atoms with Crippen LogP contribution in [-0.2, 0) is 16.0 Å². The predicted molar refractivity (Wildman–Crippen MR) is 72.6 cm³/mol. The number of ether oxygens (including phenoxy) is 1. The lowest BCUT2D eigenvalue weighted by molar-refractivity contribution is -0.149. The van der Waals surface area contributed by atoms with Gasteiger partial charge in [0.1, 0.15) is 6.04 Å². The molecule has 0 bridgehead atoms. The highest BCUT2D eigenvalue weighted by atomic mass is 16.5. The number of fused-ring (bicyclic) bond motifs is 1. The molecule has 0 amide bonds. The summed E-state index contributed by atoms with van der Waals surface area (Å²) in [6.45, 7) is 6.22. The number of hydrogen-bond donors (Lipinski definition) is 1. The van der Waals surface area contributed by atoms with Gasteiger partial charge in [0, 0.05) is 12.1 Å². The second-order valence-corrected chi connectivity index (χ2v) is 5.44. The van der Waals surface area contributed by atoms with Gasteiger partial charge in [-0.3, -0.25) is 0 Å². The van der Waals surface area contributed by atoms with E-state index in [-0.39, 0.29) is 18.1 Å². The molecule has 3 heteroatoms. The third kappa shape index (κ3) is 3.03. The zero-order valence-corrected chi connectivity index (χ0v) is 11.3. The first-order chi connectivity index (χ1) is 8.56. The first kappa shape index (κ1) is 12.9. The van der Waals surface area contributed by atoms with Crippen LogP contribution in [0.3, 0.4) is 0 Å². The normalized spacial score (nSPS) is 19.2. The molecule has 2 atom stereocenters. The van der Waals surface area contributed by atoms with Crippen molar-refractivity contribution in [2.45, 2.75) is 45.8 Å². The number of nitrogens with one attached hydrogen (secondary N) is 1. The van der Waals surface area contributed by atoms with E-state index in [4.69, 9.17) is 4.74 Å². The zero-order chi connectivity index (χ0) is 13.1. The average molecular weight is 247 g/mol. The summed E-state index contributed by atoms with van der Waals surface area (Å²) in [5, 5.41) is 3.22. The molecule has 1 aromatic carbocycles. The second-order valence-electron chi connectivity index (χ2n) is 5.44. The van der Waals surface area contributed by atoms with Gasteiger partial charge in [-0.25, -0.2) is 4.79 Å². The van der Waals surface area contributed by atoms with Gasteiger partial charge in [-0.1, -0.05) is 32.0 Å². The molecule has 1 N–H and O–H groups in total. The fourth-order valence-electron chi connectivity index (χ4n) is 2.43. The smallest absolute Gasteiger partial charge is 0.329 e. The lowest BCUT2D eigenvalue weighted by atomic mass is 10.1. The van der Waals surface area contributed by atoms with Gasteiger partial charge in [0.05, 0.1) is 6.10 Å². The highest BCUT2D eigenvalue weighted by Crippen LogP contribution is 2.26. The van der Waals surface area contributed by atoms with Crippen LogP contribution in [0.25, 0.3) is 0 Å². The van der Waals surface area contributed by atoms with Crippen LogP contribution in [0.1, 0.15) is 32.8 Å². The van der Waals surface area contributed by atoms with Crippen molar-refractivity contribution in [3.63, 3.8) is 0 Å². The van der Waals surface area contributed by atoms with Crippen LogP contribution < -0.4 is 5.32 Å². The van der Waals surface area contributed by atoms with Gasteiger partial charge in [0.15, 0.2) is 0 Å². The fourth-order valence-corrected chi connectivity index (χ4v) is 2.43. The molecule has 0 aliphatic carbocycles. The summed E-state index contributed by atoms with van der Waals surface area (Å²) in [4.78, 5) is 12.0. The molecule has 0 aromatic heterocycles. The number of carbonyl (C=O) groups is 1. The number of anilines is 1. The molecule has 0 radical (unpaired) electrons. The number of carbonyl (C=O) groups excluding carboxylic acids is 1. The number of hydrogen-bond acceptors (Lipinski definition) is 3. The van der Waals surface area contributed by atoms with E-state index < -0.39 is 0 Å². The van der Waals surface area contributed by atoms with Crippen LogP contribution in [0.5, 0.6) is 0 Å². The molecule has 0 saturated carbocycles. The molecule has 0 spiro atoms. The summed E-state index contributed by atoms with van der Waals surface area (Å²) in [5.41, 5.74) is 2.24. The topological polar surface area (TPSA) is 38.3 Å².